The van der Waals surface area contributed by atoms with E-state index in [4.69, 9.17) is 4.74 Å². The van der Waals surface area contributed by atoms with Crippen LogP contribution in [0, 0.1) is 35.5 Å². The van der Waals surface area contributed by atoms with Crippen LogP contribution < -0.4 is 5.32 Å². The van der Waals surface area contributed by atoms with Crippen LogP contribution in [0.25, 0.3) is 0 Å². The van der Waals surface area contributed by atoms with E-state index in [0.29, 0.717) is 31.9 Å². The SMILES string of the molecule is CCC[C@@H](CNC(=O)C1CCC(C#CC2CC[C@H](F)CC2F)CC1)COC. The topological polar surface area (TPSA) is 38.3 Å². The molecule has 1 amide bonds. The molecule has 0 heterocycles. The van der Waals surface area contributed by atoms with Gasteiger partial charge < -0.3 is 10.1 Å². The molecule has 0 radical (unpaired) electrons. The summed E-state index contributed by atoms with van der Waals surface area (Å²) in [6.45, 7) is 3.49. The minimum Gasteiger partial charge on any atom is -0.384 e. The summed E-state index contributed by atoms with van der Waals surface area (Å²) in [7, 11) is 1.70. The van der Waals surface area contributed by atoms with Gasteiger partial charge >= 0.3 is 0 Å². The van der Waals surface area contributed by atoms with Crippen molar-refractivity contribution in [1.82, 2.24) is 5.32 Å². The zero-order valence-electron chi connectivity index (χ0n) is 16.8. The monoisotopic (exact) mass is 383 g/mol. The molecule has 2 aliphatic carbocycles. The number of rotatable bonds is 7. The molecule has 0 spiro atoms. The molecule has 2 fully saturated rings. The smallest absolute Gasteiger partial charge is 0.223 e. The highest BCUT2D eigenvalue weighted by Crippen LogP contribution is 2.31. The number of alkyl halides is 2. The molecule has 4 atom stereocenters. The van der Waals surface area contributed by atoms with E-state index in [1.165, 1.54) is 0 Å². The maximum atomic E-state index is 13.9. The van der Waals surface area contributed by atoms with Gasteiger partial charge in [-0.05, 0) is 50.9 Å². The lowest BCUT2D eigenvalue weighted by atomic mass is 9.81. The highest BCUT2D eigenvalue weighted by Gasteiger charge is 2.30. The van der Waals surface area contributed by atoms with Crippen molar-refractivity contribution in [2.24, 2.45) is 23.7 Å². The minimum atomic E-state index is -1.13. The zero-order chi connectivity index (χ0) is 19.6. The predicted molar refractivity (Wildman–Crippen MR) is 104 cm³/mol. The Labute approximate surface area is 163 Å². The van der Waals surface area contributed by atoms with Crippen molar-refractivity contribution in [2.45, 2.75) is 77.1 Å². The molecular formula is C22H35F2NO2. The Morgan fingerprint density at radius 2 is 1.89 bits per heavy atom. The molecular weight excluding hydrogens is 348 g/mol. The van der Waals surface area contributed by atoms with E-state index in [1.807, 2.05) is 0 Å². The summed E-state index contributed by atoms with van der Waals surface area (Å²) in [5, 5.41) is 3.09. The number of amides is 1. The number of hydrogen-bond donors (Lipinski definition) is 1. The van der Waals surface area contributed by atoms with Gasteiger partial charge in [-0.25, -0.2) is 8.78 Å². The molecule has 3 nitrogen and oxygen atoms in total. The van der Waals surface area contributed by atoms with Crippen molar-refractivity contribution in [3.63, 3.8) is 0 Å². The first-order valence-corrected chi connectivity index (χ1v) is 10.6. The van der Waals surface area contributed by atoms with E-state index < -0.39 is 12.3 Å². The summed E-state index contributed by atoms with van der Waals surface area (Å²) in [6.07, 6.45) is 4.38. The maximum absolute atomic E-state index is 13.9. The second kappa shape index (κ2) is 11.6. The van der Waals surface area contributed by atoms with Crippen LogP contribution in [0.4, 0.5) is 8.78 Å². The fraction of sp³-hybridized carbons (Fsp3) is 0.864. The first-order valence-electron chi connectivity index (χ1n) is 10.6. The third-order valence-corrected chi connectivity index (χ3v) is 5.94. The lowest BCUT2D eigenvalue weighted by Crippen LogP contribution is -2.37. The molecule has 2 rings (SSSR count). The van der Waals surface area contributed by atoms with Crippen molar-refractivity contribution < 1.29 is 18.3 Å². The zero-order valence-corrected chi connectivity index (χ0v) is 16.8. The third-order valence-electron chi connectivity index (χ3n) is 5.94. The molecule has 27 heavy (non-hydrogen) atoms. The van der Waals surface area contributed by atoms with Gasteiger partial charge in [0.25, 0.3) is 0 Å². The van der Waals surface area contributed by atoms with Crippen LogP contribution in [0.15, 0.2) is 0 Å². The number of carbonyl (C=O) groups is 1. The van der Waals surface area contributed by atoms with Crippen molar-refractivity contribution in [1.29, 1.82) is 0 Å². The fourth-order valence-corrected chi connectivity index (χ4v) is 4.23. The Bertz CT molecular complexity index is 502. The average Bonchev–Trinajstić information content (AvgIpc) is 2.66. The molecule has 1 N–H and O–H groups in total. The second-order valence-electron chi connectivity index (χ2n) is 8.23. The lowest BCUT2D eigenvalue weighted by Gasteiger charge is -2.27. The Balaban J connectivity index is 1.72. The van der Waals surface area contributed by atoms with Gasteiger partial charge in [0.2, 0.25) is 5.91 Å². The number of hydrogen-bond acceptors (Lipinski definition) is 2. The van der Waals surface area contributed by atoms with Crippen molar-refractivity contribution in [3.8, 4) is 11.8 Å². The summed E-state index contributed by atoms with van der Waals surface area (Å²) in [6, 6.07) is 0. The maximum Gasteiger partial charge on any atom is 0.223 e. The molecule has 5 heteroatoms. The van der Waals surface area contributed by atoms with Gasteiger partial charge in [0.1, 0.15) is 12.3 Å². The van der Waals surface area contributed by atoms with Gasteiger partial charge in [-0.2, -0.15) is 0 Å². The van der Waals surface area contributed by atoms with E-state index in [1.54, 1.807) is 7.11 Å². The van der Waals surface area contributed by atoms with Gasteiger partial charge in [-0.3, -0.25) is 4.79 Å². The molecule has 0 aromatic heterocycles. The van der Waals surface area contributed by atoms with Crippen molar-refractivity contribution in [3.05, 3.63) is 0 Å². The Hall–Kier alpha value is -1.15. The van der Waals surface area contributed by atoms with Crippen LogP contribution in [0.5, 0.6) is 0 Å². The second-order valence-corrected chi connectivity index (χ2v) is 8.23. The molecule has 0 saturated heterocycles. The van der Waals surface area contributed by atoms with E-state index in [9.17, 15) is 13.6 Å². The number of nitrogens with one attached hydrogen (secondary N) is 1. The van der Waals surface area contributed by atoms with E-state index in [-0.39, 0.29) is 30.1 Å². The molecule has 0 aromatic rings. The van der Waals surface area contributed by atoms with Gasteiger partial charge in [0.15, 0.2) is 0 Å². The van der Waals surface area contributed by atoms with Crippen LogP contribution in [0.2, 0.25) is 0 Å². The molecule has 2 aliphatic rings. The summed E-state index contributed by atoms with van der Waals surface area (Å²) in [4.78, 5) is 12.4. The molecule has 2 unspecified atom stereocenters. The molecule has 0 aliphatic heterocycles. The quantitative estimate of drug-likeness (QED) is 0.660. The normalized spacial score (nSPS) is 32.2. The highest BCUT2D eigenvalue weighted by molar-refractivity contribution is 5.78. The fourth-order valence-electron chi connectivity index (χ4n) is 4.23. The Kier molecular flexibility index (Phi) is 9.54. The minimum absolute atomic E-state index is 0.00560. The summed E-state index contributed by atoms with van der Waals surface area (Å²) >= 11 is 0. The number of halogens is 2. The standard InChI is InChI=1S/C22H35F2NO2/c1-3-4-17(15-27-2)14-25-22(26)19-9-6-16(7-10-19)5-8-18-11-12-20(23)13-21(18)24/h16-21H,3-4,6-7,9-15H2,1-2H3,(H,25,26)/t16?,17-,18?,19?,20-,21?/m0/s1. The number of carbonyl (C=O) groups excluding carboxylic acids is 1. The van der Waals surface area contributed by atoms with E-state index in [2.05, 4.69) is 24.1 Å². The third kappa shape index (κ3) is 7.41. The van der Waals surface area contributed by atoms with E-state index >= 15 is 0 Å². The Morgan fingerprint density at radius 3 is 2.52 bits per heavy atom. The number of methoxy groups -OCH3 is 1. The average molecular weight is 384 g/mol. The highest BCUT2D eigenvalue weighted by atomic mass is 19.1. The lowest BCUT2D eigenvalue weighted by molar-refractivity contribution is -0.126. The number of ether oxygens (including phenoxy) is 1. The molecule has 154 valence electrons. The van der Waals surface area contributed by atoms with Gasteiger partial charge in [0, 0.05) is 31.9 Å². The van der Waals surface area contributed by atoms with Gasteiger partial charge in [0.05, 0.1) is 12.5 Å². The first-order chi connectivity index (χ1) is 13.0. The van der Waals surface area contributed by atoms with Gasteiger partial charge in [-0.1, -0.05) is 25.2 Å². The predicted octanol–water partition coefficient (Wildman–Crippen LogP) is 4.45. The molecule has 0 bridgehead atoms. The van der Waals surface area contributed by atoms with Crippen LogP contribution >= 0.6 is 0 Å². The first kappa shape index (κ1) is 22.1. The van der Waals surface area contributed by atoms with Gasteiger partial charge in [-0.15, -0.1) is 0 Å². The molecule has 0 aromatic carbocycles. The van der Waals surface area contributed by atoms with Crippen molar-refractivity contribution >= 4 is 5.91 Å². The van der Waals surface area contributed by atoms with E-state index in [0.717, 1.165) is 38.5 Å². The van der Waals surface area contributed by atoms with Crippen LogP contribution in [0.1, 0.15) is 64.7 Å². The van der Waals surface area contributed by atoms with Crippen LogP contribution in [-0.2, 0) is 9.53 Å². The summed E-state index contributed by atoms with van der Waals surface area (Å²) in [5.74, 6) is 6.79. The van der Waals surface area contributed by atoms with Crippen LogP contribution in [-0.4, -0.2) is 38.5 Å². The van der Waals surface area contributed by atoms with Crippen LogP contribution in [0.3, 0.4) is 0 Å². The summed E-state index contributed by atoms with van der Waals surface area (Å²) < 4.78 is 32.3. The molecule has 2 saturated carbocycles. The van der Waals surface area contributed by atoms with Crippen molar-refractivity contribution in [2.75, 3.05) is 20.3 Å². The largest absolute Gasteiger partial charge is 0.384 e. The summed E-state index contributed by atoms with van der Waals surface area (Å²) in [5.41, 5.74) is 0. The Morgan fingerprint density at radius 1 is 1.15 bits per heavy atom.